The molecule has 3 aromatic carbocycles. The van der Waals surface area contributed by atoms with E-state index in [4.69, 9.17) is 9.84 Å². The molecule has 9 nitrogen and oxygen atoms in total. The second-order valence-corrected chi connectivity index (χ2v) is 15.8. The van der Waals surface area contributed by atoms with E-state index in [1.807, 2.05) is 77.7 Å². The number of terminal acetylenes is 1. The molecule has 3 heterocycles. The molecule has 2 aromatic heterocycles. The second-order valence-electron chi connectivity index (χ2n) is 14.5. The number of hydrogen-bond acceptors (Lipinski definition) is 6. The molecule has 7 rings (SSSR count). The number of aryl methyl sites for hydroxylation is 1. The highest BCUT2D eigenvalue weighted by atomic mass is 32.2. The summed E-state index contributed by atoms with van der Waals surface area (Å²) in [5, 5.41) is 24.1. The summed E-state index contributed by atoms with van der Waals surface area (Å²) in [5.41, 5.74) is 10.1. The number of hydrogen-bond donors (Lipinski definition) is 2. The largest absolute Gasteiger partial charge is 0.489 e. The predicted octanol–water partition coefficient (Wildman–Crippen LogP) is 8.60. The van der Waals surface area contributed by atoms with Crippen molar-refractivity contribution in [3.8, 4) is 41.0 Å². The average molecular weight is 757 g/mol. The molecule has 2 N–H and O–H groups in total. The van der Waals surface area contributed by atoms with Crippen LogP contribution in [0.2, 0.25) is 0 Å². The quantitative estimate of drug-likeness (QED) is 0.152. The Morgan fingerprint density at radius 1 is 1.05 bits per heavy atom. The van der Waals surface area contributed by atoms with Crippen LogP contribution >= 0.6 is 0 Å². The highest BCUT2D eigenvalue weighted by molar-refractivity contribution is 7.85. The minimum atomic E-state index is -1.36. The Bertz CT molecular complexity index is 2360. The van der Waals surface area contributed by atoms with Crippen molar-refractivity contribution >= 4 is 39.1 Å². The first-order chi connectivity index (χ1) is 26.2. The first kappa shape index (κ1) is 40.4. The third-order valence-corrected chi connectivity index (χ3v) is 10.1. The molecule has 0 fully saturated rings. The molecule has 0 saturated heterocycles. The lowest BCUT2D eigenvalue weighted by Gasteiger charge is -2.36. The number of fused-ring (bicyclic) bond motifs is 4. The number of carboxylic acids is 1. The first-order valence-electron chi connectivity index (χ1n) is 17.9. The zero-order valence-corrected chi connectivity index (χ0v) is 33.2. The van der Waals surface area contributed by atoms with Crippen molar-refractivity contribution in [1.82, 2.24) is 14.8 Å². The van der Waals surface area contributed by atoms with Gasteiger partial charge in [0, 0.05) is 47.6 Å². The SMILES string of the molecule is C#C.CC(C)(C)O.Cc1c(CC(=O)O)c(C2=CC=CC(C)C=C2)c(COc2ccnc(-c3ccc4c(cnn4C)c3)c2)c2c1N(S(C)=O)Cc1ccccc1-2. The Balaban J connectivity index is 0.000000768. The van der Waals surface area contributed by atoms with Crippen LogP contribution in [-0.4, -0.2) is 47.0 Å². The van der Waals surface area contributed by atoms with E-state index in [1.54, 1.807) is 33.2 Å². The van der Waals surface area contributed by atoms with E-state index in [9.17, 15) is 14.1 Å². The highest BCUT2D eigenvalue weighted by Crippen LogP contribution is 2.49. The minimum Gasteiger partial charge on any atom is -0.489 e. The van der Waals surface area contributed by atoms with Crippen molar-refractivity contribution in [2.45, 2.75) is 59.8 Å². The van der Waals surface area contributed by atoms with E-state index < -0.39 is 22.6 Å². The summed E-state index contributed by atoms with van der Waals surface area (Å²) in [6.45, 7) is 9.90. The lowest BCUT2D eigenvalue weighted by Crippen LogP contribution is -2.30. The molecular formula is C45H48N4O5S. The van der Waals surface area contributed by atoms with Gasteiger partial charge in [-0.15, -0.1) is 12.8 Å². The molecule has 0 radical (unpaired) electrons. The van der Waals surface area contributed by atoms with Crippen LogP contribution in [0, 0.1) is 25.7 Å². The van der Waals surface area contributed by atoms with E-state index in [0.29, 0.717) is 17.9 Å². The highest BCUT2D eigenvalue weighted by Gasteiger charge is 2.33. The Morgan fingerprint density at radius 3 is 2.49 bits per heavy atom. The molecule has 10 heteroatoms. The smallest absolute Gasteiger partial charge is 0.307 e. The van der Waals surface area contributed by atoms with E-state index in [1.165, 1.54) is 0 Å². The Hall–Kier alpha value is -5.76. The van der Waals surface area contributed by atoms with Crippen LogP contribution in [-0.2, 0) is 42.4 Å². The van der Waals surface area contributed by atoms with Gasteiger partial charge in [0.05, 0.1) is 41.7 Å². The van der Waals surface area contributed by atoms with Crippen LogP contribution in [0.15, 0.2) is 97.4 Å². The summed E-state index contributed by atoms with van der Waals surface area (Å²) in [7, 11) is 0.558. The monoisotopic (exact) mass is 756 g/mol. The summed E-state index contributed by atoms with van der Waals surface area (Å²) in [4.78, 5) is 17.1. The maximum Gasteiger partial charge on any atom is 0.307 e. The number of aromatic nitrogens is 3. The minimum absolute atomic E-state index is 0.151. The van der Waals surface area contributed by atoms with Gasteiger partial charge in [-0.05, 0) is 85.2 Å². The van der Waals surface area contributed by atoms with Crippen molar-refractivity contribution in [2.24, 2.45) is 13.0 Å². The molecule has 1 aliphatic heterocycles. The lowest BCUT2D eigenvalue weighted by molar-refractivity contribution is -0.136. The number of anilines is 1. The van der Waals surface area contributed by atoms with Gasteiger partial charge in [0.25, 0.3) is 0 Å². The van der Waals surface area contributed by atoms with Crippen LogP contribution in [0.4, 0.5) is 5.69 Å². The normalized spacial score (nSPS) is 15.0. The van der Waals surface area contributed by atoms with Crippen LogP contribution in [0.1, 0.15) is 55.5 Å². The van der Waals surface area contributed by atoms with Gasteiger partial charge >= 0.3 is 5.97 Å². The number of aliphatic hydroxyl groups is 1. The average Bonchev–Trinajstić information content (AvgIpc) is 3.38. The number of nitrogens with zero attached hydrogens (tertiary/aromatic N) is 4. The Kier molecular flexibility index (Phi) is 12.6. The van der Waals surface area contributed by atoms with E-state index in [0.717, 1.165) is 66.8 Å². The summed E-state index contributed by atoms with van der Waals surface area (Å²) >= 11 is 0. The number of allylic oxidation sites excluding steroid dienone is 6. The molecule has 0 saturated carbocycles. The maximum absolute atomic E-state index is 13.3. The number of carbonyl (C=O) groups is 1. The fourth-order valence-electron chi connectivity index (χ4n) is 6.80. The molecule has 5 aromatic rings. The molecule has 1 aliphatic carbocycles. The topological polar surface area (TPSA) is 118 Å². The van der Waals surface area contributed by atoms with Gasteiger partial charge in [-0.3, -0.25) is 18.8 Å². The van der Waals surface area contributed by atoms with E-state index >= 15 is 0 Å². The zero-order chi connectivity index (χ0) is 40.0. The van der Waals surface area contributed by atoms with Gasteiger partial charge in [0.2, 0.25) is 0 Å². The third-order valence-electron chi connectivity index (χ3n) is 9.15. The van der Waals surface area contributed by atoms with Crippen molar-refractivity contribution in [2.75, 3.05) is 10.6 Å². The summed E-state index contributed by atoms with van der Waals surface area (Å²) in [6, 6.07) is 18.0. The summed E-state index contributed by atoms with van der Waals surface area (Å²) < 4.78 is 23.7. The molecule has 0 amide bonds. The molecule has 2 aliphatic rings. The van der Waals surface area contributed by atoms with Crippen molar-refractivity contribution < 1.29 is 24.0 Å². The van der Waals surface area contributed by atoms with Gasteiger partial charge in [-0.1, -0.05) is 67.6 Å². The number of pyridine rings is 1. The molecule has 2 atom stereocenters. The third kappa shape index (κ3) is 9.31. The van der Waals surface area contributed by atoms with Crippen LogP contribution in [0.5, 0.6) is 5.75 Å². The van der Waals surface area contributed by atoms with Gasteiger partial charge in [0.1, 0.15) is 23.3 Å². The van der Waals surface area contributed by atoms with Crippen molar-refractivity contribution in [3.05, 3.63) is 125 Å². The molecule has 0 spiro atoms. The molecule has 0 bridgehead atoms. The fourth-order valence-corrected chi connectivity index (χ4v) is 7.61. The van der Waals surface area contributed by atoms with E-state index in [2.05, 4.69) is 66.3 Å². The standard InChI is InChI=1S/C39H36N4O4S.C4H10O.C2H2/c1-24-8-7-10-26(13-12-24)37-32(20-36(44)45)25(2)39-38(31-11-6-5-9-28(31)22-43(39)48(4)46)33(37)23-47-30-16-17-40-34(19-30)27-14-15-35-29(18-27)21-41-42(35)3;1-4(2,3)5;1-2/h5-19,21,24H,20,22-23H2,1-4H3,(H,44,45);5H,1-3H3;1-2H. The molecule has 284 valence electrons. The van der Waals surface area contributed by atoms with Crippen molar-refractivity contribution in [1.29, 1.82) is 0 Å². The molecule has 55 heavy (non-hydrogen) atoms. The summed E-state index contributed by atoms with van der Waals surface area (Å²) in [5.74, 6) is -0.0803. The van der Waals surface area contributed by atoms with Crippen molar-refractivity contribution in [3.63, 3.8) is 0 Å². The van der Waals surface area contributed by atoms with Gasteiger partial charge < -0.3 is 14.9 Å². The fraction of sp³-hybridized carbons (Fsp3) is 0.267. The predicted molar refractivity (Wildman–Crippen MR) is 224 cm³/mol. The van der Waals surface area contributed by atoms with Crippen LogP contribution in [0.3, 0.4) is 0 Å². The second kappa shape index (κ2) is 17.1. The van der Waals surface area contributed by atoms with Gasteiger partial charge in [-0.25, -0.2) is 4.21 Å². The Morgan fingerprint density at radius 2 is 1.78 bits per heavy atom. The number of benzene rings is 3. The van der Waals surface area contributed by atoms with Crippen LogP contribution < -0.4 is 9.04 Å². The van der Waals surface area contributed by atoms with Gasteiger partial charge in [-0.2, -0.15) is 5.10 Å². The van der Waals surface area contributed by atoms with E-state index in [-0.39, 0.29) is 18.9 Å². The molecule has 2 unspecified atom stereocenters. The van der Waals surface area contributed by atoms with Crippen LogP contribution in [0.25, 0.3) is 38.9 Å². The number of carboxylic acid groups (broad SMARTS) is 1. The number of aliphatic carboxylic acids is 1. The number of rotatable bonds is 8. The summed E-state index contributed by atoms with van der Waals surface area (Å²) in [6.07, 6.45) is 23.4. The molecular weight excluding hydrogens is 709 g/mol. The lowest BCUT2D eigenvalue weighted by atomic mass is 9.80. The number of ether oxygens (including phenoxy) is 1. The first-order valence-corrected chi connectivity index (χ1v) is 19.4. The zero-order valence-electron chi connectivity index (χ0n) is 32.4. The maximum atomic E-state index is 13.3. The Labute approximate surface area is 326 Å². The van der Waals surface area contributed by atoms with Gasteiger partial charge in [0.15, 0.2) is 0 Å².